The fourth-order valence-corrected chi connectivity index (χ4v) is 4.09. The van der Waals surface area contributed by atoms with Gasteiger partial charge in [-0.05, 0) is 48.9 Å². The van der Waals surface area contributed by atoms with Crippen molar-refractivity contribution in [3.8, 4) is 17.5 Å². The maximum Gasteiger partial charge on any atom is 0.152 e. The number of piperazine rings is 1. The Morgan fingerprint density at radius 1 is 1.15 bits per heavy atom. The molecule has 4 rings (SSSR count). The van der Waals surface area contributed by atoms with E-state index in [9.17, 15) is 5.26 Å². The largest absolute Gasteiger partial charge is 0.463 e. The highest BCUT2D eigenvalue weighted by molar-refractivity contribution is 5.70. The minimum Gasteiger partial charge on any atom is -0.463 e. The van der Waals surface area contributed by atoms with Crippen molar-refractivity contribution in [3.63, 3.8) is 0 Å². The number of aromatic nitrogens is 1. The van der Waals surface area contributed by atoms with Crippen LogP contribution in [0, 0.1) is 11.3 Å². The number of furan rings is 1. The molecule has 0 saturated carbocycles. The van der Waals surface area contributed by atoms with Gasteiger partial charge in [0, 0.05) is 32.7 Å². The number of nitriles is 1. The zero-order valence-electron chi connectivity index (χ0n) is 14.9. The summed E-state index contributed by atoms with van der Waals surface area (Å²) >= 11 is 0. The predicted molar refractivity (Wildman–Crippen MR) is 99.0 cm³/mol. The molecule has 0 unspecified atom stereocenters. The molecule has 0 amide bonds. The number of aliphatic hydroxyl groups is 1. The second-order valence-electron chi connectivity index (χ2n) is 6.96. The third kappa shape index (κ3) is 3.09. The molecule has 6 heteroatoms. The number of β-amino-alcohol motifs (C(OH)–C–C–N with tert-alkyl or cyclic N) is 1. The first-order chi connectivity index (χ1) is 12.8. The monoisotopic (exact) mass is 352 g/mol. The van der Waals surface area contributed by atoms with Crippen molar-refractivity contribution in [2.75, 3.05) is 44.2 Å². The minimum absolute atomic E-state index is 0.184. The van der Waals surface area contributed by atoms with Gasteiger partial charge in [0.15, 0.2) is 5.76 Å². The molecule has 136 valence electrons. The molecule has 2 aromatic rings. The first kappa shape index (κ1) is 17.1. The first-order valence-corrected chi connectivity index (χ1v) is 9.39. The van der Waals surface area contributed by atoms with Gasteiger partial charge in [0.25, 0.3) is 0 Å². The molecule has 26 heavy (non-hydrogen) atoms. The lowest BCUT2D eigenvalue weighted by Crippen LogP contribution is -2.47. The smallest absolute Gasteiger partial charge is 0.152 e. The number of anilines is 1. The first-order valence-electron chi connectivity index (χ1n) is 9.39. The van der Waals surface area contributed by atoms with E-state index >= 15 is 0 Å². The maximum absolute atomic E-state index is 9.88. The summed E-state index contributed by atoms with van der Waals surface area (Å²) < 4.78 is 5.65. The zero-order chi connectivity index (χ0) is 17.9. The van der Waals surface area contributed by atoms with E-state index in [1.54, 1.807) is 6.26 Å². The van der Waals surface area contributed by atoms with Crippen molar-refractivity contribution in [2.45, 2.75) is 25.7 Å². The summed E-state index contributed by atoms with van der Waals surface area (Å²) in [4.78, 5) is 9.40. The van der Waals surface area contributed by atoms with Gasteiger partial charge in [0.1, 0.15) is 17.6 Å². The molecular formula is C20H24N4O2. The second-order valence-corrected chi connectivity index (χ2v) is 6.96. The molecule has 3 heterocycles. The van der Waals surface area contributed by atoms with E-state index < -0.39 is 0 Å². The van der Waals surface area contributed by atoms with Crippen LogP contribution in [0.1, 0.15) is 29.5 Å². The summed E-state index contributed by atoms with van der Waals surface area (Å²) in [5, 5.41) is 19.0. The van der Waals surface area contributed by atoms with Gasteiger partial charge in [0.2, 0.25) is 0 Å². The van der Waals surface area contributed by atoms with Crippen LogP contribution in [0.3, 0.4) is 0 Å². The van der Waals surface area contributed by atoms with Crippen LogP contribution < -0.4 is 4.90 Å². The SMILES string of the molecule is N#Cc1c(N2CCN(CCO)CC2)nc(-c2ccco2)c2c1CCCC2. The molecule has 0 radical (unpaired) electrons. The van der Waals surface area contributed by atoms with E-state index in [1.807, 2.05) is 12.1 Å². The van der Waals surface area contributed by atoms with E-state index in [1.165, 1.54) is 5.56 Å². The number of fused-ring (bicyclic) bond motifs is 1. The highest BCUT2D eigenvalue weighted by Gasteiger charge is 2.27. The molecule has 2 aromatic heterocycles. The molecule has 1 aliphatic carbocycles. The van der Waals surface area contributed by atoms with Gasteiger partial charge in [-0.15, -0.1) is 0 Å². The van der Waals surface area contributed by atoms with E-state index in [4.69, 9.17) is 14.5 Å². The van der Waals surface area contributed by atoms with E-state index in [0.29, 0.717) is 6.54 Å². The van der Waals surface area contributed by atoms with Gasteiger partial charge >= 0.3 is 0 Å². The molecule has 1 fully saturated rings. The van der Waals surface area contributed by atoms with Crippen LogP contribution in [-0.2, 0) is 12.8 Å². The second kappa shape index (κ2) is 7.48. The zero-order valence-corrected chi connectivity index (χ0v) is 14.9. The van der Waals surface area contributed by atoms with Crippen LogP contribution in [0.25, 0.3) is 11.5 Å². The molecule has 0 aromatic carbocycles. The molecule has 1 saturated heterocycles. The lowest BCUT2D eigenvalue weighted by Gasteiger charge is -2.36. The lowest BCUT2D eigenvalue weighted by atomic mass is 9.87. The van der Waals surface area contributed by atoms with Gasteiger partial charge < -0.3 is 14.4 Å². The number of hydrogen-bond acceptors (Lipinski definition) is 6. The average molecular weight is 352 g/mol. The Labute approximate surface area is 153 Å². The van der Waals surface area contributed by atoms with Crippen LogP contribution in [0.5, 0.6) is 0 Å². The fraction of sp³-hybridized carbons (Fsp3) is 0.500. The van der Waals surface area contributed by atoms with Gasteiger partial charge in [0.05, 0.1) is 18.4 Å². The van der Waals surface area contributed by atoms with Crippen molar-refractivity contribution < 1.29 is 9.52 Å². The topological polar surface area (TPSA) is 76.5 Å². The van der Waals surface area contributed by atoms with Crippen molar-refractivity contribution in [1.82, 2.24) is 9.88 Å². The quantitative estimate of drug-likeness (QED) is 0.909. The third-order valence-corrected chi connectivity index (χ3v) is 5.45. The Hall–Kier alpha value is -2.36. The molecule has 1 N–H and O–H groups in total. The summed E-state index contributed by atoms with van der Waals surface area (Å²) in [6, 6.07) is 6.28. The summed E-state index contributed by atoms with van der Waals surface area (Å²) in [6.07, 6.45) is 5.82. The number of pyridine rings is 1. The highest BCUT2D eigenvalue weighted by Crippen LogP contribution is 2.36. The lowest BCUT2D eigenvalue weighted by molar-refractivity contribution is 0.188. The summed E-state index contributed by atoms with van der Waals surface area (Å²) in [7, 11) is 0. The van der Waals surface area contributed by atoms with Crippen LogP contribution in [-0.4, -0.2) is 54.3 Å². The van der Waals surface area contributed by atoms with Gasteiger partial charge in [-0.2, -0.15) is 5.26 Å². The van der Waals surface area contributed by atoms with Crippen molar-refractivity contribution in [1.29, 1.82) is 5.26 Å². The Kier molecular flexibility index (Phi) is 4.91. The van der Waals surface area contributed by atoms with Gasteiger partial charge in [-0.1, -0.05) is 0 Å². The molecular weight excluding hydrogens is 328 g/mol. The van der Waals surface area contributed by atoms with E-state index in [0.717, 1.165) is 80.3 Å². The Morgan fingerprint density at radius 3 is 2.58 bits per heavy atom. The predicted octanol–water partition coefficient (Wildman–Crippen LogP) is 2.21. The summed E-state index contributed by atoms with van der Waals surface area (Å²) in [5.41, 5.74) is 3.99. The van der Waals surface area contributed by atoms with Crippen LogP contribution in [0.2, 0.25) is 0 Å². The molecule has 6 nitrogen and oxygen atoms in total. The number of hydrogen-bond donors (Lipinski definition) is 1. The van der Waals surface area contributed by atoms with Crippen molar-refractivity contribution >= 4 is 5.82 Å². The Bertz CT molecular complexity index is 802. The summed E-state index contributed by atoms with van der Waals surface area (Å²) in [6.45, 7) is 4.27. The molecule has 1 aliphatic heterocycles. The van der Waals surface area contributed by atoms with E-state index in [-0.39, 0.29) is 6.61 Å². The third-order valence-electron chi connectivity index (χ3n) is 5.45. The molecule has 0 atom stereocenters. The number of aliphatic hydroxyl groups excluding tert-OH is 1. The minimum atomic E-state index is 0.184. The standard InChI is InChI=1S/C20H24N4O2/c21-14-17-15-4-1-2-5-16(15)19(18-6-3-13-26-18)22-20(17)24-9-7-23(8-10-24)11-12-25/h3,6,13,25H,1-2,4-5,7-12H2. The van der Waals surface area contributed by atoms with Gasteiger partial charge in [-0.25, -0.2) is 4.98 Å². The van der Waals surface area contributed by atoms with Crippen LogP contribution in [0.15, 0.2) is 22.8 Å². The molecule has 2 aliphatic rings. The van der Waals surface area contributed by atoms with Crippen molar-refractivity contribution in [3.05, 3.63) is 35.1 Å². The highest BCUT2D eigenvalue weighted by atomic mass is 16.3. The Balaban J connectivity index is 1.75. The van der Waals surface area contributed by atoms with E-state index in [2.05, 4.69) is 15.9 Å². The van der Waals surface area contributed by atoms with Crippen molar-refractivity contribution in [2.24, 2.45) is 0 Å². The van der Waals surface area contributed by atoms with Crippen LogP contribution in [0.4, 0.5) is 5.82 Å². The fourth-order valence-electron chi connectivity index (χ4n) is 4.09. The summed E-state index contributed by atoms with van der Waals surface area (Å²) in [5.74, 6) is 1.58. The Morgan fingerprint density at radius 2 is 1.92 bits per heavy atom. The molecule has 0 spiro atoms. The van der Waals surface area contributed by atoms with Crippen LogP contribution >= 0.6 is 0 Å². The number of nitrogens with zero attached hydrogens (tertiary/aromatic N) is 4. The maximum atomic E-state index is 9.88. The normalized spacial score (nSPS) is 17.8. The molecule has 0 bridgehead atoms. The average Bonchev–Trinajstić information content (AvgIpc) is 3.22. The number of rotatable bonds is 4. The van der Waals surface area contributed by atoms with Gasteiger partial charge in [-0.3, -0.25) is 4.90 Å².